The van der Waals surface area contributed by atoms with Gasteiger partial charge in [-0.2, -0.15) is 0 Å². The number of rotatable bonds is 2. The van der Waals surface area contributed by atoms with E-state index in [1.54, 1.807) is 12.1 Å². The summed E-state index contributed by atoms with van der Waals surface area (Å²) in [6.07, 6.45) is 1.00. The maximum atomic E-state index is 12.1. The van der Waals surface area contributed by atoms with Gasteiger partial charge in [0.2, 0.25) is 6.79 Å². The average molecular weight is 248 g/mol. The topological polar surface area (TPSA) is 73.6 Å². The fourth-order valence-electron chi connectivity index (χ4n) is 2.10. The Morgan fingerprint density at radius 2 is 2.00 bits per heavy atom. The summed E-state index contributed by atoms with van der Waals surface area (Å²) >= 11 is 0. The van der Waals surface area contributed by atoms with Gasteiger partial charge in [-0.15, -0.1) is 0 Å². The van der Waals surface area contributed by atoms with E-state index in [9.17, 15) is 4.79 Å². The Balaban J connectivity index is 1.82. The Morgan fingerprint density at radius 3 is 2.61 bits per heavy atom. The fraction of sp³-hybridized carbons (Fsp3) is 0.462. The first-order valence-corrected chi connectivity index (χ1v) is 5.97. The maximum Gasteiger partial charge on any atom is 0.253 e. The first-order chi connectivity index (χ1) is 8.47. The van der Waals surface area contributed by atoms with Crippen molar-refractivity contribution in [1.29, 1.82) is 0 Å². The molecule has 3 N–H and O–H groups in total. The average Bonchev–Trinajstić information content (AvgIpc) is 2.73. The zero-order valence-corrected chi connectivity index (χ0v) is 10.4. The number of carbonyl (C=O) groups is 1. The Kier molecular flexibility index (Phi) is 2.20. The number of benzene rings is 1. The predicted octanol–water partition coefficient (Wildman–Crippen LogP) is 1.53. The van der Waals surface area contributed by atoms with Crippen LogP contribution in [0.3, 0.4) is 0 Å². The molecule has 5 nitrogen and oxygen atoms in total. The van der Waals surface area contributed by atoms with Crippen molar-refractivity contribution < 1.29 is 14.3 Å². The number of nitrogen functional groups attached to an aromatic ring is 1. The lowest BCUT2D eigenvalue weighted by atomic mass is 10.1. The highest BCUT2D eigenvalue weighted by atomic mass is 16.7. The van der Waals surface area contributed by atoms with Crippen LogP contribution in [0, 0.1) is 5.41 Å². The number of nitrogens with one attached hydrogen (secondary N) is 1. The lowest BCUT2D eigenvalue weighted by Gasteiger charge is -2.09. The van der Waals surface area contributed by atoms with E-state index in [0.29, 0.717) is 22.7 Å². The fourth-order valence-corrected chi connectivity index (χ4v) is 2.10. The predicted molar refractivity (Wildman–Crippen MR) is 66.6 cm³/mol. The van der Waals surface area contributed by atoms with Gasteiger partial charge in [0, 0.05) is 17.8 Å². The quantitative estimate of drug-likeness (QED) is 0.778. The molecule has 5 heteroatoms. The number of fused-ring (bicyclic) bond motifs is 1. The normalized spacial score (nSPS) is 22.7. The van der Waals surface area contributed by atoms with E-state index in [-0.39, 0.29) is 24.2 Å². The van der Waals surface area contributed by atoms with Gasteiger partial charge in [0.15, 0.2) is 11.5 Å². The van der Waals surface area contributed by atoms with Crippen molar-refractivity contribution in [2.45, 2.75) is 26.3 Å². The lowest BCUT2D eigenvalue weighted by Crippen LogP contribution is -2.29. The van der Waals surface area contributed by atoms with E-state index < -0.39 is 0 Å². The van der Waals surface area contributed by atoms with Crippen molar-refractivity contribution in [1.82, 2.24) is 5.32 Å². The van der Waals surface area contributed by atoms with Crippen molar-refractivity contribution >= 4 is 11.6 Å². The third-order valence-corrected chi connectivity index (χ3v) is 3.61. The molecule has 3 rings (SSSR count). The molecular formula is C13H16N2O3. The number of amides is 1. The van der Waals surface area contributed by atoms with E-state index >= 15 is 0 Å². The highest BCUT2D eigenvalue weighted by molar-refractivity contribution is 6.00. The summed E-state index contributed by atoms with van der Waals surface area (Å²) in [7, 11) is 0. The van der Waals surface area contributed by atoms with Gasteiger partial charge in [-0.3, -0.25) is 4.79 Å². The van der Waals surface area contributed by atoms with E-state index in [2.05, 4.69) is 19.2 Å². The van der Waals surface area contributed by atoms with Gasteiger partial charge in [0.25, 0.3) is 5.91 Å². The lowest BCUT2D eigenvalue weighted by molar-refractivity contribution is 0.0946. The molecule has 1 aliphatic heterocycles. The molecule has 2 aliphatic rings. The van der Waals surface area contributed by atoms with Gasteiger partial charge in [0.05, 0.1) is 5.56 Å². The van der Waals surface area contributed by atoms with Crippen LogP contribution >= 0.6 is 0 Å². The standard InChI is InChI=1S/C13H16N2O3/c1-13(2)5-11(13)15-12(16)7-3-9-10(4-8(7)14)18-6-17-9/h3-4,11H,5-6,14H2,1-2H3,(H,15,16). The highest BCUT2D eigenvalue weighted by Crippen LogP contribution is 2.45. The molecule has 0 bridgehead atoms. The first-order valence-electron chi connectivity index (χ1n) is 5.97. The van der Waals surface area contributed by atoms with Gasteiger partial charge in [0.1, 0.15) is 0 Å². The van der Waals surface area contributed by atoms with E-state index in [4.69, 9.17) is 15.2 Å². The summed E-state index contributed by atoms with van der Waals surface area (Å²) in [6, 6.07) is 3.51. The van der Waals surface area contributed by atoms with Crippen molar-refractivity contribution in [2.24, 2.45) is 5.41 Å². The maximum absolute atomic E-state index is 12.1. The molecule has 1 atom stereocenters. The molecule has 1 saturated carbocycles. The van der Waals surface area contributed by atoms with Crippen LogP contribution in [0.15, 0.2) is 12.1 Å². The smallest absolute Gasteiger partial charge is 0.253 e. The van der Waals surface area contributed by atoms with Crippen molar-refractivity contribution in [3.8, 4) is 11.5 Å². The van der Waals surface area contributed by atoms with Gasteiger partial charge >= 0.3 is 0 Å². The third-order valence-electron chi connectivity index (χ3n) is 3.61. The molecule has 96 valence electrons. The third kappa shape index (κ3) is 1.75. The van der Waals surface area contributed by atoms with Gasteiger partial charge in [-0.05, 0) is 17.9 Å². The molecule has 1 aromatic rings. The Bertz CT molecular complexity index is 525. The largest absolute Gasteiger partial charge is 0.454 e. The molecule has 1 fully saturated rings. The number of carbonyl (C=O) groups excluding carboxylic acids is 1. The van der Waals surface area contributed by atoms with Crippen LogP contribution in [0.5, 0.6) is 11.5 Å². The summed E-state index contributed by atoms with van der Waals surface area (Å²) in [4.78, 5) is 12.1. The number of anilines is 1. The summed E-state index contributed by atoms with van der Waals surface area (Å²) in [5.74, 6) is 1.02. The number of hydrogen-bond acceptors (Lipinski definition) is 4. The highest BCUT2D eigenvalue weighted by Gasteiger charge is 2.46. The van der Waals surface area contributed by atoms with E-state index in [0.717, 1.165) is 6.42 Å². The van der Waals surface area contributed by atoms with Gasteiger partial charge in [-0.25, -0.2) is 0 Å². The second-order valence-electron chi connectivity index (χ2n) is 5.51. The monoisotopic (exact) mass is 248 g/mol. The molecule has 0 spiro atoms. The minimum atomic E-state index is -0.152. The zero-order valence-electron chi connectivity index (χ0n) is 10.4. The van der Waals surface area contributed by atoms with Crippen molar-refractivity contribution in [3.63, 3.8) is 0 Å². The molecule has 1 amide bonds. The van der Waals surface area contributed by atoms with Crippen LogP contribution in [-0.2, 0) is 0 Å². The van der Waals surface area contributed by atoms with Crippen LogP contribution in [0.4, 0.5) is 5.69 Å². The minimum absolute atomic E-state index is 0.152. The second kappa shape index (κ2) is 3.54. The van der Waals surface area contributed by atoms with E-state index in [1.807, 2.05) is 0 Å². The van der Waals surface area contributed by atoms with Gasteiger partial charge in [-0.1, -0.05) is 13.8 Å². The number of hydrogen-bond donors (Lipinski definition) is 2. The molecule has 0 aromatic heterocycles. The van der Waals surface area contributed by atoms with Crippen LogP contribution < -0.4 is 20.5 Å². The van der Waals surface area contributed by atoms with Crippen LogP contribution in [0.25, 0.3) is 0 Å². The Labute approximate surface area is 105 Å². The molecule has 0 radical (unpaired) electrons. The molecule has 0 saturated heterocycles. The first kappa shape index (κ1) is 11.2. The molecule has 1 heterocycles. The summed E-state index contributed by atoms with van der Waals surface area (Å²) in [5, 5.41) is 2.98. The summed E-state index contributed by atoms with van der Waals surface area (Å²) in [5.41, 5.74) is 6.92. The van der Waals surface area contributed by atoms with Crippen LogP contribution in [-0.4, -0.2) is 18.7 Å². The van der Waals surface area contributed by atoms with Crippen LogP contribution in [0.1, 0.15) is 30.6 Å². The number of nitrogens with two attached hydrogens (primary N) is 1. The SMILES string of the molecule is CC1(C)CC1NC(=O)c1cc2c(cc1N)OCO2. The minimum Gasteiger partial charge on any atom is -0.454 e. The van der Waals surface area contributed by atoms with Crippen LogP contribution in [0.2, 0.25) is 0 Å². The van der Waals surface area contributed by atoms with E-state index in [1.165, 1.54) is 0 Å². The van der Waals surface area contributed by atoms with Gasteiger partial charge < -0.3 is 20.5 Å². The molecule has 1 unspecified atom stereocenters. The second-order valence-corrected chi connectivity index (χ2v) is 5.51. The van der Waals surface area contributed by atoms with Crippen molar-refractivity contribution in [2.75, 3.05) is 12.5 Å². The molecule has 18 heavy (non-hydrogen) atoms. The van der Waals surface area contributed by atoms with Crippen molar-refractivity contribution in [3.05, 3.63) is 17.7 Å². The summed E-state index contributed by atoms with van der Waals surface area (Å²) in [6.45, 7) is 4.43. The zero-order chi connectivity index (χ0) is 12.9. The Hall–Kier alpha value is -1.91. The molecule has 1 aliphatic carbocycles. The summed E-state index contributed by atoms with van der Waals surface area (Å²) < 4.78 is 10.5. The Morgan fingerprint density at radius 1 is 1.39 bits per heavy atom. The molecule has 1 aromatic carbocycles. The molecular weight excluding hydrogens is 232 g/mol. The number of ether oxygens (including phenoxy) is 2.